The average molecular weight is 277 g/mol. The Labute approximate surface area is 119 Å². The van der Waals surface area contributed by atoms with Crippen molar-refractivity contribution in [3.63, 3.8) is 0 Å². The number of nitrogens with one attached hydrogen (secondary N) is 1. The summed E-state index contributed by atoms with van der Waals surface area (Å²) in [6.07, 6.45) is 4.67. The number of hydrogen-bond acceptors (Lipinski definition) is 5. The predicted molar refractivity (Wildman–Crippen MR) is 78.9 cm³/mol. The Kier molecular flexibility index (Phi) is 3.70. The molecule has 2 fully saturated rings. The molecule has 1 aromatic heterocycles. The second kappa shape index (κ2) is 5.48. The van der Waals surface area contributed by atoms with Crippen molar-refractivity contribution < 1.29 is 9.47 Å². The van der Waals surface area contributed by atoms with Gasteiger partial charge in [-0.2, -0.15) is 4.98 Å². The molecule has 1 aliphatic heterocycles. The Morgan fingerprint density at radius 1 is 1.50 bits per heavy atom. The molecule has 1 aromatic rings. The van der Waals surface area contributed by atoms with Crippen LogP contribution in [0, 0.1) is 5.92 Å². The van der Waals surface area contributed by atoms with Crippen LogP contribution in [-0.4, -0.2) is 30.3 Å². The summed E-state index contributed by atoms with van der Waals surface area (Å²) in [7, 11) is 0. The Morgan fingerprint density at radius 2 is 2.35 bits per heavy atom. The van der Waals surface area contributed by atoms with Crippen molar-refractivity contribution >= 4 is 11.5 Å². The summed E-state index contributed by atoms with van der Waals surface area (Å²) in [6, 6.07) is 3.75. The number of nitrogens with zero attached hydrogens (tertiary/aromatic N) is 1. The van der Waals surface area contributed by atoms with Crippen LogP contribution < -0.4 is 15.8 Å². The summed E-state index contributed by atoms with van der Waals surface area (Å²) >= 11 is 0. The van der Waals surface area contributed by atoms with Crippen LogP contribution in [0.25, 0.3) is 0 Å². The van der Waals surface area contributed by atoms with Crippen molar-refractivity contribution in [3.05, 3.63) is 12.1 Å². The zero-order chi connectivity index (χ0) is 14.0. The fraction of sp³-hybridized carbons (Fsp3) is 0.667. The van der Waals surface area contributed by atoms with Gasteiger partial charge >= 0.3 is 0 Å². The molecule has 0 amide bonds. The maximum Gasteiger partial charge on any atom is 0.239 e. The minimum Gasteiger partial charge on any atom is -0.476 e. The molecule has 0 radical (unpaired) electrons. The minimum atomic E-state index is -0.0604. The topological polar surface area (TPSA) is 69.4 Å². The van der Waals surface area contributed by atoms with E-state index in [2.05, 4.69) is 17.2 Å². The molecule has 0 aromatic carbocycles. The number of rotatable bonds is 5. The quantitative estimate of drug-likeness (QED) is 0.865. The van der Waals surface area contributed by atoms with E-state index in [1.54, 1.807) is 0 Å². The number of nitrogen functional groups attached to an aromatic ring is 1. The first-order chi connectivity index (χ1) is 9.65. The highest BCUT2D eigenvalue weighted by molar-refractivity contribution is 5.54. The molecule has 5 nitrogen and oxygen atoms in total. The summed E-state index contributed by atoms with van der Waals surface area (Å²) in [5.41, 5.74) is 6.46. The molecule has 1 unspecified atom stereocenters. The van der Waals surface area contributed by atoms with Gasteiger partial charge in [-0.15, -0.1) is 0 Å². The Hall–Kier alpha value is -1.49. The maximum absolute atomic E-state index is 5.92. The summed E-state index contributed by atoms with van der Waals surface area (Å²) < 4.78 is 11.3. The van der Waals surface area contributed by atoms with Crippen LogP contribution in [0.5, 0.6) is 5.88 Å². The van der Waals surface area contributed by atoms with E-state index < -0.39 is 0 Å². The monoisotopic (exact) mass is 277 g/mol. The van der Waals surface area contributed by atoms with Gasteiger partial charge in [-0.1, -0.05) is 0 Å². The molecule has 1 aliphatic carbocycles. The fourth-order valence-electron chi connectivity index (χ4n) is 2.46. The third kappa shape index (κ3) is 3.33. The molecule has 1 saturated carbocycles. The van der Waals surface area contributed by atoms with Gasteiger partial charge < -0.3 is 20.5 Å². The van der Waals surface area contributed by atoms with Crippen molar-refractivity contribution in [2.75, 3.05) is 30.9 Å². The van der Waals surface area contributed by atoms with E-state index in [4.69, 9.17) is 15.2 Å². The molecule has 110 valence electrons. The lowest BCUT2D eigenvalue weighted by Crippen LogP contribution is -2.43. The highest BCUT2D eigenvalue weighted by atomic mass is 16.5. The smallest absolute Gasteiger partial charge is 0.239 e. The summed E-state index contributed by atoms with van der Waals surface area (Å²) in [4.78, 5) is 4.50. The van der Waals surface area contributed by atoms with Gasteiger partial charge in [0.25, 0.3) is 0 Å². The van der Waals surface area contributed by atoms with E-state index in [1.165, 1.54) is 12.8 Å². The number of hydrogen-bond donors (Lipinski definition) is 2. The first kappa shape index (κ1) is 13.5. The average Bonchev–Trinajstić information content (AvgIpc) is 3.24. The van der Waals surface area contributed by atoms with Crippen molar-refractivity contribution in [1.82, 2.24) is 4.98 Å². The van der Waals surface area contributed by atoms with Gasteiger partial charge in [-0.3, -0.25) is 0 Å². The molecular weight excluding hydrogens is 254 g/mol. The van der Waals surface area contributed by atoms with E-state index in [-0.39, 0.29) is 5.54 Å². The van der Waals surface area contributed by atoms with Gasteiger partial charge in [0.05, 0.1) is 24.4 Å². The van der Waals surface area contributed by atoms with Gasteiger partial charge in [0.15, 0.2) is 0 Å². The highest BCUT2D eigenvalue weighted by Crippen LogP contribution is 2.31. The summed E-state index contributed by atoms with van der Waals surface area (Å²) in [6.45, 7) is 4.44. The SMILES string of the molecule is CC1(Nc2ccc(N)c(OCC3CC3)n2)CCCOC1. The van der Waals surface area contributed by atoms with E-state index in [9.17, 15) is 0 Å². The molecule has 1 atom stereocenters. The van der Waals surface area contributed by atoms with Crippen LogP contribution in [0.4, 0.5) is 11.5 Å². The van der Waals surface area contributed by atoms with Gasteiger partial charge in [-0.25, -0.2) is 0 Å². The van der Waals surface area contributed by atoms with Gasteiger partial charge in [-0.05, 0) is 50.7 Å². The molecule has 3 rings (SSSR count). The van der Waals surface area contributed by atoms with Gasteiger partial charge in [0, 0.05) is 6.61 Å². The van der Waals surface area contributed by atoms with Crippen molar-refractivity contribution in [3.8, 4) is 5.88 Å². The number of aromatic nitrogens is 1. The largest absolute Gasteiger partial charge is 0.476 e. The van der Waals surface area contributed by atoms with Gasteiger partial charge in [0.1, 0.15) is 5.82 Å². The van der Waals surface area contributed by atoms with E-state index in [1.807, 2.05) is 12.1 Å². The Morgan fingerprint density at radius 3 is 3.05 bits per heavy atom. The van der Waals surface area contributed by atoms with Crippen LogP contribution in [-0.2, 0) is 4.74 Å². The van der Waals surface area contributed by atoms with Crippen molar-refractivity contribution in [1.29, 1.82) is 0 Å². The van der Waals surface area contributed by atoms with Crippen LogP contribution in [0.15, 0.2) is 12.1 Å². The third-order valence-corrected chi connectivity index (χ3v) is 3.91. The number of nitrogens with two attached hydrogens (primary N) is 1. The van der Waals surface area contributed by atoms with Crippen molar-refractivity contribution in [2.45, 2.75) is 38.1 Å². The zero-order valence-corrected chi connectivity index (χ0v) is 12.0. The summed E-state index contributed by atoms with van der Waals surface area (Å²) in [5.74, 6) is 2.04. The lowest BCUT2D eigenvalue weighted by Gasteiger charge is -2.34. The van der Waals surface area contributed by atoms with E-state index in [0.717, 1.165) is 31.9 Å². The normalized spacial score (nSPS) is 26.2. The van der Waals surface area contributed by atoms with Gasteiger partial charge in [0.2, 0.25) is 5.88 Å². The van der Waals surface area contributed by atoms with Crippen molar-refractivity contribution in [2.24, 2.45) is 5.92 Å². The van der Waals surface area contributed by atoms with Crippen LogP contribution in [0.1, 0.15) is 32.6 Å². The zero-order valence-electron chi connectivity index (χ0n) is 12.0. The lowest BCUT2D eigenvalue weighted by atomic mass is 9.95. The fourth-order valence-corrected chi connectivity index (χ4v) is 2.46. The second-order valence-electron chi connectivity index (χ2n) is 6.19. The first-order valence-electron chi connectivity index (χ1n) is 7.40. The molecule has 1 saturated heterocycles. The predicted octanol–water partition coefficient (Wildman–Crippen LogP) is 2.43. The maximum atomic E-state index is 5.92. The van der Waals surface area contributed by atoms with Crippen LogP contribution in [0.3, 0.4) is 0 Å². The lowest BCUT2D eigenvalue weighted by molar-refractivity contribution is 0.0538. The molecule has 3 N–H and O–H groups in total. The van der Waals surface area contributed by atoms with Crippen LogP contribution in [0.2, 0.25) is 0 Å². The molecular formula is C15H23N3O2. The molecule has 5 heteroatoms. The molecule has 0 bridgehead atoms. The van der Waals surface area contributed by atoms with E-state index in [0.29, 0.717) is 24.1 Å². The Bertz CT molecular complexity index is 468. The molecule has 2 heterocycles. The molecule has 0 spiro atoms. The number of anilines is 2. The molecule has 2 aliphatic rings. The summed E-state index contributed by atoms with van der Waals surface area (Å²) in [5, 5.41) is 3.46. The molecule has 20 heavy (non-hydrogen) atoms. The minimum absolute atomic E-state index is 0.0604. The number of ether oxygens (including phenoxy) is 2. The third-order valence-electron chi connectivity index (χ3n) is 3.91. The van der Waals surface area contributed by atoms with E-state index >= 15 is 0 Å². The standard InChI is InChI=1S/C15H23N3O2/c1-15(7-2-8-19-10-15)18-13-6-5-12(16)14(17-13)20-9-11-3-4-11/h5-6,11H,2-4,7-10,16H2,1H3,(H,17,18). The Balaban J connectivity index is 1.67. The number of pyridine rings is 1. The highest BCUT2D eigenvalue weighted by Gasteiger charge is 2.28. The first-order valence-corrected chi connectivity index (χ1v) is 7.40. The van der Waals surface area contributed by atoms with Crippen LogP contribution >= 0.6 is 0 Å². The second-order valence-corrected chi connectivity index (χ2v) is 6.19.